The third-order valence-electron chi connectivity index (χ3n) is 3.39. The number of benzene rings is 1. The molecule has 110 valence electrons. The molecule has 0 radical (unpaired) electrons. The van der Waals surface area contributed by atoms with Gasteiger partial charge in [-0.3, -0.25) is 0 Å². The molecule has 1 aliphatic rings. The summed E-state index contributed by atoms with van der Waals surface area (Å²) in [5, 5.41) is 0. The van der Waals surface area contributed by atoms with E-state index in [1.165, 1.54) is 0 Å². The van der Waals surface area contributed by atoms with Crippen LogP contribution >= 0.6 is 0 Å². The van der Waals surface area contributed by atoms with E-state index >= 15 is 0 Å². The largest absolute Gasteiger partial charge is 0.493 e. The van der Waals surface area contributed by atoms with Gasteiger partial charge in [-0.1, -0.05) is 0 Å². The molecule has 2 rings (SSSR count). The molecule has 1 saturated carbocycles. The summed E-state index contributed by atoms with van der Waals surface area (Å²) in [7, 11) is 1.59. The summed E-state index contributed by atoms with van der Waals surface area (Å²) in [5.41, 5.74) is 11.4. The Kier molecular flexibility index (Phi) is 4.55. The zero-order chi connectivity index (χ0) is 14.5. The average molecular weight is 280 g/mol. The van der Waals surface area contributed by atoms with Gasteiger partial charge in [0, 0.05) is 11.8 Å². The van der Waals surface area contributed by atoms with E-state index in [-0.39, 0.29) is 12.2 Å². The van der Waals surface area contributed by atoms with Crippen LogP contribution in [0.3, 0.4) is 0 Å². The Morgan fingerprint density at radius 3 is 2.40 bits per heavy atom. The van der Waals surface area contributed by atoms with Gasteiger partial charge in [-0.25, -0.2) is 4.79 Å². The SMILES string of the molecule is COc1ccc(N)cc1O[C@H]1CC[C@H](OC(N)=O)CC1. The van der Waals surface area contributed by atoms with Gasteiger partial charge in [0.25, 0.3) is 0 Å². The summed E-state index contributed by atoms with van der Waals surface area (Å²) in [5.74, 6) is 1.31. The van der Waals surface area contributed by atoms with Gasteiger partial charge in [-0.05, 0) is 37.8 Å². The summed E-state index contributed by atoms with van der Waals surface area (Å²) >= 11 is 0. The molecule has 0 heterocycles. The number of nitrogen functional groups attached to an aromatic ring is 1. The molecular formula is C14H20N2O4. The minimum Gasteiger partial charge on any atom is -0.493 e. The van der Waals surface area contributed by atoms with Gasteiger partial charge in [-0.15, -0.1) is 0 Å². The highest BCUT2D eigenvalue weighted by Crippen LogP contribution is 2.33. The van der Waals surface area contributed by atoms with Crippen LogP contribution in [0.4, 0.5) is 10.5 Å². The van der Waals surface area contributed by atoms with E-state index in [1.54, 1.807) is 25.3 Å². The number of anilines is 1. The molecule has 1 fully saturated rings. The quantitative estimate of drug-likeness (QED) is 0.823. The number of rotatable bonds is 4. The number of primary amides is 1. The topological polar surface area (TPSA) is 96.8 Å². The second-order valence-corrected chi connectivity index (χ2v) is 4.86. The van der Waals surface area contributed by atoms with Crippen LogP contribution < -0.4 is 20.9 Å². The van der Waals surface area contributed by atoms with Gasteiger partial charge in [-0.2, -0.15) is 0 Å². The lowest BCUT2D eigenvalue weighted by Gasteiger charge is -2.28. The molecule has 20 heavy (non-hydrogen) atoms. The van der Waals surface area contributed by atoms with Crippen molar-refractivity contribution in [1.82, 2.24) is 0 Å². The lowest BCUT2D eigenvalue weighted by atomic mass is 9.95. The maximum atomic E-state index is 10.7. The maximum Gasteiger partial charge on any atom is 0.404 e. The van der Waals surface area contributed by atoms with Gasteiger partial charge in [0.15, 0.2) is 11.5 Å². The third-order valence-corrected chi connectivity index (χ3v) is 3.39. The summed E-state index contributed by atoms with van der Waals surface area (Å²) in [6, 6.07) is 5.31. The van der Waals surface area contributed by atoms with Crippen molar-refractivity contribution < 1.29 is 19.0 Å². The van der Waals surface area contributed by atoms with Crippen molar-refractivity contribution in [2.75, 3.05) is 12.8 Å². The smallest absolute Gasteiger partial charge is 0.404 e. The normalized spacial score (nSPS) is 22.1. The zero-order valence-corrected chi connectivity index (χ0v) is 11.5. The molecular weight excluding hydrogens is 260 g/mol. The Bertz CT molecular complexity index is 470. The molecule has 0 unspecified atom stereocenters. The molecule has 6 nitrogen and oxygen atoms in total. The molecule has 0 aromatic heterocycles. The van der Waals surface area contributed by atoms with Crippen LogP contribution in [0.15, 0.2) is 18.2 Å². The molecule has 0 atom stereocenters. The van der Waals surface area contributed by atoms with E-state index in [4.69, 9.17) is 25.7 Å². The van der Waals surface area contributed by atoms with Crippen molar-refractivity contribution >= 4 is 11.8 Å². The molecule has 0 bridgehead atoms. The van der Waals surface area contributed by atoms with Gasteiger partial charge < -0.3 is 25.7 Å². The van der Waals surface area contributed by atoms with Crippen LogP contribution in [-0.4, -0.2) is 25.4 Å². The first-order chi connectivity index (χ1) is 9.58. The highest BCUT2D eigenvalue weighted by Gasteiger charge is 2.25. The number of nitrogens with two attached hydrogens (primary N) is 2. The van der Waals surface area contributed by atoms with E-state index in [0.29, 0.717) is 17.2 Å². The summed E-state index contributed by atoms with van der Waals surface area (Å²) < 4.78 is 16.2. The highest BCUT2D eigenvalue weighted by molar-refractivity contribution is 5.64. The third kappa shape index (κ3) is 3.69. The van der Waals surface area contributed by atoms with Crippen molar-refractivity contribution in [2.45, 2.75) is 37.9 Å². The average Bonchev–Trinajstić information content (AvgIpc) is 2.41. The Labute approximate surface area is 118 Å². The second-order valence-electron chi connectivity index (χ2n) is 4.86. The van der Waals surface area contributed by atoms with Gasteiger partial charge >= 0.3 is 6.09 Å². The van der Waals surface area contributed by atoms with Crippen LogP contribution in [-0.2, 0) is 4.74 Å². The molecule has 4 N–H and O–H groups in total. The van der Waals surface area contributed by atoms with Gasteiger partial charge in [0.2, 0.25) is 0 Å². The summed E-state index contributed by atoms with van der Waals surface area (Å²) in [6.45, 7) is 0. The molecule has 6 heteroatoms. The van der Waals surface area contributed by atoms with Crippen LogP contribution in [0.1, 0.15) is 25.7 Å². The molecule has 1 aliphatic carbocycles. The van der Waals surface area contributed by atoms with Crippen LogP contribution in [0, 0.1) is 0 Å². The Balaban J connectivity index is 1.92. The molecule has 0 saturated heterocycles. The van der Waals surface area contributed by atoms with E-state index in [0.717, 1.165) is 25.7 Å². The number of methoxy groups -OCH3 is 1. The number of amides is 1. The van der Waals surface area contributed by atoms with E-state index < -0.39 is 6.09 Å². The fourth-order valence-corrected chi connectivity index (χ4v) is 2.40. The van der Waals surface area contributed by atoms with Gasteiger partial charge in [0.1, 0.15) is 6.10 Å². The molecule has 1 amide bonds. The van der Waals surface area contributed by atoms with Crippen LogP contribution in [0.25, 0.3) is 0 Å². The van der Waals surface area contributed by atoms with Crippen molar-refractivity contribution in [1.29, 1.82) is 0 Å². The van der Waals surface area contributed by atoms with Crippen molar-refractivity contribution in [3.63, 3.8) is 0 Å². The molecule has 1 aromatic carbocycles. The summed E-state index contributed by atoms with van der Waals surface area (Å²) in [6.07, 6.45) is 2.35. The number of hydrogen-bond donors (Lipinski definition) is 2. The summed E-state index contributed by atoms with van der Waals surface area (Å²) in [4.78, 5) is 10.7. The lowest BCUT2D eigenvalue weighted by molar-refractivity contribution is 0.0462. The number of hydrogen-bond acceptors (Lipinski definition) is 5. The van der Waals surface area contributed by atoms with Crippen molar-refractivity contribution in [2.24, 2.45) is 5.73 Å². The molecule has 0 aliphatic heterocycles. The van der Waals surface area contributed by atoms with Crippen LogP contribution in [0.5, 0.6) is 11.5 Å². The Morgan fingerprint density at radius 2 is 1.80 bits per heavy atom. The second kappa shape index (κ2) is 6.36. The van der Waals surface area contributed by atoms with E-state index in [1.807, 2.05) is 0 Å². The minimum absolute atomic E-state index is 0.0680. The van der Waals surface area contributed by atoms with Crippen molar-refractivity contribution in [3.05, 3.63) is 18.2 Å². The standard InChI is InChI=1S/C14H20N2O4/c1-18-12-7-2-9(15)8-13(12)19-10-3-5-11(6-4-10)20-14(16)17/h2,7-8,10-11H,3-6,15H2,1H3,(H2,16,17)/t10-,11-. The minimum atomic E-state index is -0.716. The fourth-order valence-electron chi connectivity index (χ4n) is 2.40. The van der Waals surface area contributed by atoms with E-state index in [9.17, 15) is 4.79 Å². The fraction of sp³-hybridized carbons (Fsp3) is 0.500. The number of carbonyl (C=O) groups excluding carboxylic acids is 1. The molecule has 0 spiro atoms. The van der Waals surface area contributed by atoms with Crippen LogP contribution in [0.2, 0.25) is 0 Å². The first kappa shape index (κ1) is 14.3. The van der Waals surface area contributed by atoms with Gasteiger partial charge in [0.05, 0.1) is 13.2 Å². The Hall–Kier alpha value is -2.11. The lowest BCUT2D eigenvalue weighted by Crippen LogP contribution is -2.31. The number of carbonyl (C=O) groups is 1. The van der Waals surface area contributed by atoms with Crippen molar-refractivity contribution in [3.8, 4) is 11.5 Å². The highest BCUT2D eigenvalue weighted by atomic mass is 16.6. The monoisotopic (exact) mass is 280 g/mol. The predicted octanol–water partition coefficient (Wildman–Crippen LogP) is 2.06. The predicted molar refractivity (Wildman–Crippen MR) is 74.7 cm³/mol. The Morgan fingerprint density at radius 1 is 1.15 bits per heavy atom. The van der Waals surface area contributed by atoms with E-state index in [2.05, 4.69) is 0 Å². The maximum absolute atomic E-state index is 10.7. The number of ether oxygens (including phenoxy) is 3. The first-order valence-electron chi connectivity index (χ1n) is 6.64. The first-order valence-corrected chi connectivity index (χ1v) is 6.64. The zero-order valence-electron chi connectivity index (χ0n) is 11.5. The molecule has 1 aromatic rings.